The molecule has 0 bridgehead atoms. The quantitative estimate of drug-likeness (QED) is 0.533. The number of thiophene rings is 1. The minimum atomic E-state index is -0.609. The van der Waals surface area contributed by atoms with E-state index in [0.29, 0.717) is 26.3 Å². The van der Waals surface area contributed by atoms with Gasteiger partial charge in [-0.25, -0.2) is 4.79 Å². The third kappa shape index (κ3) is 4.96. The van der Waals surface area contributed by atoms with Crippen LogP contribution < -0.4 is 10.6 Å². The highest BCUT2D eigenvalue weighted by atomic mass is 35.5. The Labute approximate surface area is 188 Å². The molecular formula is C21H22Cl2N2O4S. The molecule has 0 unspecified atom stereocenters. The SMILES string of the molecule is COC(=O)c1c(NC(=O)C2CCCCC2)sc(C(=O)Nc2cc(Cl)ccc2Cl)c1C. The summed E-state index contributed by atoms with van der Waals surface area (Å²) in [5, 5.41) is 6.64. The molecule has 1 aromatic heterocycles. The van der Waals surface area contributed by atoms with Crippen LogP contribution in [-0.2, 0) is 9.53 Å². The maximum absolute atomic E-state index is 12.9. The topological polar surface area (TPSA) is 84.5 Å². The van der Waals surface area contributed by atoms with Crippen LogP contribution in [0.2, 0.25) is 10.0 Å². The van der Waals surface area contributed by atoms with Crippen molar-refractivity contribution >= 4 is 63.0 Å². The molecule has 3 rings (SSSR count). The van der Waals surface area contributed by atoms with E-state index in [1.165, 1.54) is 13.2 Å². The van der Waals surface area contributed by atoms with Crippen LogP contribution in [0.5, 0.6) is 0 Å². The summed E-state index contributed by atoms with van der Waals surface area (Å²) in [6.45, 7) is 1.65. The second-order valence-corrected chi connectivity index (χ2v) is 9.02. The Balaban J connectivity index is 1.89. The van der Waals surface area contributed by atoms with Crippen molar-refractivity contribution in [1.29, 1.82) is 0 Å². The lowest BCUT2D eigenvalue weighted by molar-refractivity contribution is -0.120. The van der Waals surface area contributed by atoms with E-state index in [9.17, 15) is 14.4 Å². The third-order valence-corrected chi connectivity index (χ3v) is 6.90. The average molecular weight is 469 g/mol. The first-order valence-electron chi connectivity index (χ1n) is 9.60. The second kappa shape index (κ2) is 9.81. The summed E-state index contributed by atoms with van der Waals surface area (Å²) >= 11 is 13.2. The molecule has 1 fully saturated rings. The van der Waals surface area contributed by atoms with Gasteiger partial charge in [-0.3, -0.25) is 9.59 Å². The first-order chi connectivity index (χ1) is 14.3. The van der Waals surface area contributed by atoms with Crippen LogP contribution >= 0.6 is 34.5 Å². The molecule has 1 saturated carbocycles. The summed E-state index contributed by atoms with van der Waals surface area (Å²) in [5.74, 6) is -1.28. The Morgan fingerprint density at radius 3 is 2.47 bits per heavy atom. The molecule has 2 aromatic rings. The first-order valence-corrected chi connectivity index (χ1v) is 11.2. The normalized spacial score (nSPS) is 14.3. The summed E-state index contributed by atoms with van der Waals surface area (Å²) in [4.78, 5) is 38.3. The fourth-order valence-electron chi connectivity index (χ4n) is 3.52. The number of amides is 2. The highest BCUT2D eigenvalue weighted by Gasteiger charge is 2.29. The maximum atomic E-state index is 12.9. The van der Waals surface area contributed by atoms with E-state index in [1.54, 1.807) is 19.1 Å². The van der Waals surface area contributed by atoms with E-state index in [0.717, 1.165) is 43.4 Å². The smallest absolute Gasteiger partial charge is 0.341 e. The number of rotatable bonds is 5. The van der Waals surface area contributed by atoms with E-state index in [-0.39, 0.29) is 22.3 Å². The van der Waals surface area contributed by atoms with E-state index < -0.39 is 11.9 Å². The molecule has 0 aliphatic heterocycles. The molecule has 160 valence electrons. The van der Waals surface area contributed by atoms with E-state index in [2.05, 4.69) is 10.6 Å². The maximum Gasteiger partial charge on any atom is 0.341 e. The molecule has 2 N–H and O–H groups in total. The van der Waals surface area contributed by atoms with Crippen molar-refractivity contribution in [2.45, 2.75) is 39.0 Å². The van der Waals surface area contributed by atoms with Crippen molar-refractivity contribution < 1.29 is 19.1 Å². The molecule has 0 radical (unpaired) electrons. The number of carbonyl (C=O) groups excluding carboxylic acids is 3. The Morgan fingerprint density at radius 1 is 1.10 bits per heavy atom. The molecule has 2 amide bonds. The van der Waals surface area contributed by atoms with Gasteiger partial charge in [0.25, 0.3) is 5.91 Å². The van der Waals surface area contributed by atoms with Gasteiger partial charge in [0.1, 0.15) is 5.00 Å². The molecule has 9 heteroatoms. The summed E-state index contributed by atoms with van der Waals surface area (Å²) in [7, 11) is 1.26. The molecular weight excluding hydrogens is 447 g/mol. The number of ether oxygens (including phenoxy) is 1. The fourth-order valence-corrected chi connectivity index (χ4v) is 4.95. The Bertz CT molecular complexity index is 984. The molecule has 0 atom stereocenters. The van der Waals surface area contributed by atoms with Crippen LogP contribution in [0.4, 0.5) is 10.7 Å². The minimum absolute atomic E-state index is 0.0887. The van der Waals surface area contributed by atoms with Gasteiger partial charge >= 0.3 is 5.97 Å². The number of hydrogen-bond acceptors (Lipinski definition) is 5. The molecule has 30 heavy (non-hydrogen) atoms. The summed E-state index contributed by atoms with van der Waals surface area (Å²) < 4.78 is 4.88. The van der Waals surface area contributed by atoms with E-state index in [1.807, 2.05) is 0 Å². The number of hydrogen-bond donors (Lipinski definition) is 2. The van der Waals surface area contributed by atoms with Crippen molar-refractivity contribution in [3.63, 3.8) is 0 Å². The lowest BCUT2D eigenvalue weighted by Crippen LogP contribution is -2.25. The highest BCUT2D eigenvalue weighted by Crippen LogP contribution is 2.36. The van der Waals surface area contributed by atoms with Crippen LogP contribution in [-0.4, -0.2) is 24.9 Å². The van der Waals surface area contributed by atoms with Gasteiger partial charge in [0.2, 0.25) is 5.91 Å². The van der Waals surface area contributed by atoms with Gasteiger partial charge in [0, 0.05) is 10.9 Å². The molecule has 0 spiro atoms. The number of carbonyl (C=O) groups is 3. The lowest BCUT2D eigenvalue weighted by Gasteiger charge is -2.20. The lowest BCUT2D eigenvalue weighted by atomic mass is 9.89. The van der Waals surface area contributed by atoms with E-state index >= 15 is 0 Å². The van der Waals surface area contributed by atoms with Crippen LogP contribution in [0.15, 0.2) is 18.2 Å². The van der Waals surface area contributed by atoms with Gasteiger partial charge in [0.15, 0.2) is 0 Å². The van der Waals surface area contributed by atoms with Crippen molar-refractivity contribution in [2.75, 3.05) is 17.7 Å². The standard InChI is InChI=1S/C21H22Cl2N2O4S/c1-11-16(21(28)29-2)20(25-18(26)12-6-4-3-5-7-12)30-17(11)19(27)24-15-10-13(22)8-9-14(15)23/h8-10,12H,3-7H2,1-2H3,(H,24,27)(H,25,26). The fraction of sp³-hybridized carbons (Fsp3) is 0.381. The zero-order valence-electron chi connectivity index (χ0n) is 16.6. The van der Waals surface area contributed by atoms with Crippen LogP contribution in [0.25, 0.3) is 0 Å². The highest BCUT2D eigenvalue weighted by molar-refractivity contribution is 7.19. The van der Waals surface area contributed by atoms with Crippen molar-refractivity contribution in [3.05, 3.63) is 44.2 Å². The van der Waals surface area contributed by atoms with Crippen molar-refractivity contribution in [1.82, 2.24) is 0 Å². The predicted molar refractivity (Wildman–Crippen MR) is 120 cm³/mol. The number of benzene rings is 1. The van der Waals surface area contributed by atoms with Crippen LogP contribution in [0.1, 0.15) is 57.7 Å². The average Bonchev–Trinajstić information content (AvgIpc) is 3.06. The monoisotopic (exact) mass is 468 g/mol. The third-order valence-electron chi connectivity index (χ3n) is 5.13. The number of halogens is 2. The largest absolute Gasteiger partial charge is 0.465 e. The van der Waals surface area contributed by atoms with Crippen LogP contribution in [0.3, 0.4) is 0 Å². The summed E-state index contributed by atoms with van der Waals surface area (Å²) in [6.07, 6.45) is 4.80. The first kappa shape index (κ1) is 22.6. The van der Waals surface area contributed by atoms with Gasteiger partial charge < -0.3 is 15.4 Å². The second-order valence-electron chi connectivity index (χ2n) is 7.15. The van der Waals surface area contributed by atoms with Gasteiger partial charge in [-0.2, -0.15) is 0 Å². The van der Waals surface area contributed by atoms with Gasteiger partial charge in [-0.1, -0.05) is 42.5 Å². The molecule has 6 nitrogen and oxygen atoms in total. The van der Waals surface area contributed by atoms with Gasteiger partial charge in [0.05, 0.1) is 28.3 Å². The minimum Gasteiger partial charge on any atom is -0.465 e. The van der Waals surface area contributed by atoms with E-state index in [4.69, 9.17) is 27.9 Å². The molecule has 1 aromatic carbocycles. The zero-order chi connectivity index (χ0) is 21.8. The summed E-state index contributed by atoms with van der Waals surface area (Å²) in [5.41, 5.74) is 0.977. The predicted octanol–water partition coefficient (Wildman–Crippen LogP) is 5.92. The molecule has 1 aliphatic rings. The Kier molecular flexibility index (Phi) is 7.39. The molecule has 1 heterocycles. The summed E-state index contributed by atoms with van der Waals surface area (Å²) in [6, 6.07) is 4.73. The van der Waals surface area contributed by atoms with Gasteiger partial charge in [-0.05, 0) is 43.5 Å². The Hall–Kier alpha value is -2.09. The Morgan fingerprint density at radius 2 is 1.80 bits per heavy atom. The molecule has 0 saturated heterocycles. The van der Waals surface area contributed by atoms with Gasteiger partial charge in [-0.15, -0.1) is 11.3 Å². The zero-order valence-corrected chi connectivity index (χ0v) is 19.0. The van der Waals surface area contributed by atoms with Crippen LogP contribution in [0, 0.1) is 12.8 Å². The molecule has 1 aliphatic carbocycles. The number of nitrogens with one attached hydrogen (secondary N) is 2. The van der Waals surface area contributed by atoms with Crippen molar-refractivity contribution in [3.8, 4) is 0 Å². The number of esters is 1. The number of methoxy groups -OCH3 is 1. The van der Waals surface area contributed by atoms with Crippen molar-refractivity contribution in [2.24, 2.45) is 5.92 Å². The number of anilines is 2.